The first-order chi connectivity index (χ1) is 12.6. The Hall–Kier alpha value is 0.180. The number of carbonyl (C=O) groups is 1. The number of hydrogen-bond donors (Lipinski definition) is 0. The predicted octanol–water partition coefficient (Wildman–Crippen LogP) is 1.64. The molecular weight excluding hydrogens is 434 g/mol. The van der Waals surface area contributed by atoms with Crippen molar-refractivity contribution in [2.45, 2.75) is 51.9 Å². The number of rotatable bonds is 7. The minimum atomic E-state index is -4.21. The molecule has 3 rings (SSSR count). The van der Waals surface area contributed by atoms with Crippen LogP contribution in [0.25, 0.3) is 0 Å². The largest absolute Gasteiger partial charge is 1.00 e. The van der Waals surface area contributed by atoms with E-state index < -0.39 is 21.3 Å². The third kappa shape index (κ3) is 5.08. The summed E-state index contributed by atoms with van der Waals surface area (Å²) >= 11 is 12.7. The Morgan fingerprint density at radius 2 is 1.86 bits per heavy atom. The van der Waals surface area contributed by atoms with Gasteiger partial charge in [-0.15, -0.1) is 0 Å². The van der Waals surface area contributed by atoms with Gasteiger partial charge in [0.25, 0.3) is 0 Å². The zero-order valence-corrected chi connectivity index (χ0v) is 20.6. The SMILES string of the molecule is CC1(C2CCCC2)Cc2cc(OCCCCS(=O)(=O)[O-])c(Cl)c(Cl)c2C1=O.[Na+]. The second kappa shape index (κ2) is 9.54. The van der Waals surface area contributed by atoms with E-state index in [1.165, 1.54) is 0 Å². The second-order valence-corrected chi connectivity index (χ2v) is 10.0. The molecule has 0 N–H and O–H groups in total. The van der Waals surface area contributed by atoms with E-state index in [1.807, 2.05) is 6.92 Å². The van der Waals surface area contributed by atoms with Gasteiger partial charge < -0.3 is 9.29 Å². The topological polar surface area (TPSA) is 83.5 Å². The minimum Gasteiger partial charge on any atom is -0.748 e. The van der Waals surface area contributed by atoms with Crippen molar-refractivity contribution in [3.8, 4) is 5.75 Å². The van der Waals surface area contributed by atoms with Gasteiger partial charge in [-0.1, -0.05) is 43.0 Å². The third-order valence-corrected chi connectivity index (χ3v) is 7.50. The molecule has 1 saturated carbocycles. The van der Waals surface area contributed by atoms with E-state index in [0.717, 1.165) is 31.2 Å². The maximum Gasteiger partial charge on any atom is 1.00 e. The van der Waals surface area contributed by atoms with Crippen LogP contribution in [-0.2, 0) is 16.5 Å². The van der Waals surface area contributed by atoms with Crippen LogP contribution in [0.2, 0.25) is 10.0 Å². The van der Waals surface area contributed by atoms with Gasteiger partial charge in [-0.2, -0.15) is 0 Å². The molecule has 2 aliphatic carbocycles. The standard InChI is InChI=1S/C19H24Cl2O5S.Na/c1-19(13-6-2-3-7-13)11-12-10-14(16(20)17(21)15(12)18(19)22)26-8-4-5-9-27(23,24)25;/h10,13H,2-9,11H2,1H3,(H,23,24,25);/q;+1/p-1. The van der Waals surface area contributed by atoms with Crippen LogP contribution >= 0.6 is 23.2 Å². The number of ether oxygens (including phenoxy) is 1. The van der Waals surface area contributed by atoms with Gasteiger partial charge >= 0.3 is 29.6 Å². The van der Waals surface area contributed by atoms with Crippen LogP contribution in [0.5, 0.6) is 5.75 Å². The summed E-state index contributed by atoms with van der Waals surface area (Å²) < 4.78 is 37.5. The zero-order valence-electron chi connectivity index (χ0n) is 16.2. The molecular formula is C19H23Cl2NaO5S. The van der Waals surface area contributed by atoms with Crippen molar-refractivity contribution < 1.29 is 52.1 Å². The molecule has 2 aliphatic rings. The fourth-order valence-corrected chi connectivity index (χ4v) is 5.42. The van der Waals surface area contributed by atoms with Gasteiger partial charge in [0, 0.05) is 16.7 Å². The van der Waals surface area contributed by atoms with Gasteiger partial charge in [0.05, 0.1) is 21.7 Å². The number of halogens is 2. The van der Waals surface area contributed by atoms with Crippen LogP contribution in [0.1, 0.15) is 61.4 Å². The molecule has 0 aromatic heterocycles. The number of ketones is 1. The summed E-state index contributed by atoms with van der Waals surface area (Å²) in [6, 6.07) is 1.78. The summed E-state index contributed by atoms with van der Waals surface area (Å²) in [5, 5.41) is 0.439. The summed E-state index contributed by atoms with van der Waals surface area (Å²) in [5.41, 5.74) is 0.939. The van der Waals surface area contributed by atoms with Gasteiger partial charge in [-0.3, -0.25) is 4.79 Å². The molecule has 1 aromatic rings. The molecule has 0 heterocycles. The summed E-state index contributed by atoms with van der Waals surface area (Å²) in [5.74, 6) is 0.423. The van der Waals surface area contributed by atoms with E-state index in [-0.39, 0.29) is 58.4 Å². The maximum absolute atomic E-state index is 13.1. The van der Waals surface area contributed by atoms with E-state index in [9.17, 15) is 17.8 Å². The summed E-state index contributed by atoms with van der Waals surface area (Å²) in [6.45, 7) is 2.25. The molecule has 1 aromatic carbocycles. The molecule has 0 saturated heterocycles. The molecule has 0 spiro atoms. The first-order valence-electron chi connectivity index (χ1n) is 9.25. The van der Waals surface area contributed by atoms with Crippen molar-refractivity contribution in [2.24, 2.45) is 11.3 Å². The summed E-state index contributed by atoms with van der Waals surface area (Å²) in [4.78, 5) is 13.1. The molecule has 0 aliphatic heterocycles. The Balaban J connectivity index is 0.00000280. The Morgan fingerprint density at radius 1 is 1.21 bits per heavy atom. The molecule has 0 radical (unpaired) electrons. The quantitative estimate of drug-likeness (QED) is 0.353. The van der Waals surface area contributed by atoms with E-state index in [4.69, 9.17) is 27.9 Å². The molecule has 9 heteroatoms. The van der Waals surface area contributed by atoms with E-state index in [0.29, 0.717) is 30.1 Å². The molecule has 5 nitrogen and oxygen atoms in total. The van der Waals surface area contributed by atoms with Gasteiger partial charge in [0.1, 0.15) is 10.8 Å². The first kappa shape index (κ1) is 24.4. The molecule has 1 fully saturated rings. The number of hydrogen-bond acceptors (Lipinski definition) is 5. The van der Waals surface area contributed by atoms with E-state index in [2.05, 4.69) is 0 Å². The third-order valence-electron chi connectivity index (χ3n) is 5.86. The Bertz CT molecular complexity index is 852. The minimum absolute atomic E-state index is 0. The van der Waals surface area contributed by atoms with Gasteiger partial charge in [-0.05, 0) is 49.7 Å². The van der Waals surface area contributed by atoms with Crippen molar-refractivity contribution in [3.63, 3.8) is 0 Å². The smallest absolute Gasteiger partial charge is 0.748 e. The molecule has 150 valence electrons. The Kier molecular flexibility index (Phi) is 8.33. The monoisotopic (exact) mass is 456 g/mol. The number of Topliss-reactive ketones (excluding diaryl/α,β-unsaturated/α-hetero) is 1. The molecule has 28 heavy (non-hydrogen) atoms. The predicted molar refractivity (Wildman–Crippen MR) is 104 cm³/mol. The second-order valence-electron chi connectivity index (χ2n) is 7.76. The van der Waals surface area contributed by atoms with E-state index >= 15 is 0 Å². The number of carbonyl (C=O) groups excluding carboxylic acids is 1. The van der Waals surface area contributed by atoms with Crippen molar-refractivity contribution >= 4 is 39.1 Å². The fraction of sp³-hybridized carbons (Fsp3) is 0.632. The number of unbranched alkanes of at least 4 members (excludes halogenated alkanes) is 1. The maximum atomic E-state index is 13.1. The Labute approximate surface area is 198 Å². The van der Waals surface area contributed by atoms with Crippen molar-refractivity contribution in [1.29, 1.82) is 0 Å². The van der Waals surface area contributed by atoms with Crippen LogP contribution in [0.4, 0.5) is 0 Å². The van der Waals surface area contributed by atoms with Crippen LogP contribution in [0, 0.1) is 11.3 Å². The molecule has 1 atom stereocenters. The van der Waals surface area contributed by atoms with E-state index in [1.54, 1.807) is 6.07 Å². The number of fused-ring (bicyclic) bond motifs is 1. The van der Waals surface area contributed by atoms with Gasteiger partial charge in [0.15, 0.2) is 5.78 Å². The number of benzene rings is 1. The van der Waals surface area contributed by atoms with Gasteiger partial charge in [0.2, 0.25) is 0 Å². The molecule has 0 bridgehead atoms. The van der Waals surface area contributed by atoms with Crippen LogP contribution in [-0.4, -0.2) is 31.1 Å². The average molecular weight is 457 g/mol. The normalized spacial score (nSPS) is 22.2. The van der Waals surface area contributed by atoms with Crippen molar-refractivity contribution in [2.75, 3.05) is 12.4 Å². The summed E-state index contributed by atoms with van der Waals surface area (Å²) in [6.07, 6.45) is 5.71. The fourth-order valence-electron chi connectivity index (χ4n) is 4.36. The molecule has 0 amide bonds. The van der Waals surface area contributed by atoms with Crippen LogP contribution < -0.4 is 34.3 Å². The molecule has 1 unspecified atom stereocenters. The van der Waals surface area contributed by atoms with Crippen molar-refractivity contribution in [3.05, 3.63) is 27.2 Å². The van der Waals surface area contributed by atoms with Crippen molar-refractivity contribution in [1.82, 2.24) is 0 Å². The van der Waals surface area contributed by atoms with Crippen LogP contribution in [0.15, 0.2) is 6.07 Å². The van der Waals surface area contributed by atoms with Crippen LogP contribution in [0.3, 0.4) is 0 Å². The first-order valence-corrected chi connectivity index (χ1v) is 11.6. The summed E-state index contributed by atoms with van der Waals surface area (Å²) in [7, 11) is -4.21. The Morgan fingerprint density at radius 3 is 2.46 bits per heavy atom. The van der Waals surface area contributed by atoms with Gasteiger partial charge in [-0.25, -0.2) is 8.42 Å². The zero-order chi connectivity index (χ0) is 19.8. The average Bonchev–Trinajstić information content (AvgIpc) is 3.19.